The van der Waals surface area contributed by atoms with Crippen LogP contribution in [0, 0.1) is 0 Å². The van der Waals surface area contributed by atoms with Crippen molar-refractivity contribution in [2.45, 2.75) is 62.6 Å². The maximum Gasteiger partial charge on any atom is 0.0814 e. The van der Waals surface area contributed by atoms with Gasteiger partial charge in [-0.1, -0.05) is 19.3 Å². The van der Waals surface area contributed by atoms with Gasteiger partial charge in [-0.15, -0.1) is 0 Å². The Morgan fingerprint density at radius 2 is 1.29 bits per heavy atom. The lowest BCUT2D eigenvalue weighted by Gasteiger charge is -2.54. The molecule has 2 spiro atoms. The minimum Gasteiger partial charge on any atom is -0.366 e. The number of morpholine rings is 1. The Morgan fingerprint density at radius 1 is 0.714 bits per heavy atom. The molecule has 2 aliphatic carbocycles. The summed E-state index contributed by atoms with van der Waals surface area (Å²) in [4.78, 5) is 0. The minimum atomic E-state index is 0.233. The van der Waals surface area contributed by atoms with Gasteiger partial charge < -0.3 is 10.1 Å². The molecule has 1 N–H and O–H groups in total. The van der Waals surface area contributed by atoms with Crippen LogP contribution in [0.25, 0.3) is 0 Å². The third-order valence-corrected chi connectivity index (χ3v) is 4.36. The van der Waals surface area contributed by atoms with E-state index in [4.69, 9.17) is 4.74 Å². The molecule has 1 saturated heterocycles. The number of ether oxygens (including phenoxy) is 1. The van der Waals surface area contributed by atoms with Crippen molar-refractivity contribution < 1.29 is 4.74 Å². The van der Waals surface area contributed by atoms with Crippen LogP contribution in [-0.4, -0.2) is 24.3 Å². The van der Waals surface area contributed by atoms with Crippen molar-refractivity contribution in [1.29, 1.82) is 0 Å². The average Bonchev–Trinajstić information content (AvgIpc) is 2.17. The summed E-state index contributed by atoms with van der Waals surface area (Å²) >= 11 is 0. The molecule has 0 atom stereocenters. The van der Waals surface area contributed by atoms with Crippen LogP contribution in [0.4, 0.5) is 0 Å². The van der Waals surface area contributed by atoms with E-state index in [1.54, 1.807) is 0 Å². The zero-order chi connectivity index (χ0) is 9.49. The van der Waals surface area contributed by atoms with Gasteiger partial charge in [0.2, 0.25) is 0 Å². The van der Waals surface area contributed by atoms with Crippen LogP contribution in [0.1, 0.15) is 51.4 Å². The molecule has 0 aromatic rings. The standard InChI is InChI=1S/C12H21NO/c1-2-5-11(6-3-1)9-13-10-12(14-11)7-4-8-12/h13H,1-10H2. The second-order valence-electron chi connectivity index (χ2n) is 5.49. The first-order valence-electron chi connectivity index (χ1n) is 6.24. The highest BCUT2D eigenvalue weighted by Gasteiger charge is 2.48. The summed E-state index contributed by atoms with van der Waals surface area (Å²) in [7, 11) is 0. The number of hydrogen-bond donors (Lipinski definition) is 1. The molecular weight excluding hydrogens is 174 g/mol. The normalized spacial score (nSPS) is 34.3. The van der Waals surface area contributed by atoms with Crippen molar-refractivity contribution in [3.8, 4) is 0 Å². The number of nitrogens with one attached hydrogen (secondary N) is 1. The Balaban J connectivity index is 1.73. The number of rotatable bonds is 0. The Kier molecular flexibility index (Phi) is 2.10. The highest BCUT2D eigenvalue weighted by molar-refractivity contribution is 5.01. The Hall–Kier alpha value is -0.0800. The third-order valence-electron chi connectivity index (χ3n) is 4.36. The smallest absolute Gasteiger partial charge is 0.0814 e. The average molecular weight is 195 g/mol. The second kappa shape index (κ2) is 3.21. The van der Waals surface area contributed by atoms with Crippen LogP contribution in [0.2, 0.25) is 0 Å². The van der Waals surface area contributed by atoms with Crippen molar-refractivity contribution in [3.05, 3.63) is 0 Å². The zero-order valence-electron chi connectivity index (χ0n) is 8.98. The molecule has 0 amide bonds. The zero-order valence-corrected chi connectivity index (χ0v) is 8.98. The highest BCUT2D eigenvalue weighted by atomic mass is 16.5. The van der Waals surface area contributed by atoms with E-state index >= 15 is 0 Å². The van der Waals surface area contributed by atoms with Crippen LogP contribution in [-0.2, 0) is 4.74 Å². The monoisotopic (exact) mass is 195 g/mol. The van der Waals surface area contributed by atoms with Crippen LogP contribution >= 0.6 is 0 Å². The van der Waals surface area contributed by atoms with E-state index in [1.165, 1.54) is 51.4 Å². The van der Waals surface area contributed by atoms with E-state index in [2.05, 4.69) is 5.32 Å². The quantitative estimate of drug-likeness (QED) is 0.640. The van der Waals surface area contributed by atoms with Gasteiger partial charge in [0.25, 0.3) is 0 Å². The molecule has 1 heterocycles. The lowest BCUT2D eigenvalue weighted by Crippen LogP contribution is -2.63. The highest BCUT2D eigenvalue weighted by Crippen LogP contribution is 2.44. The predicted molar refractivity (Wildman–Crippen MR) is 56.4 cm³/mol. The molecule has 2 nitrogen and oxygen atoms in total. The second-order valence-corrected chi connectivity index (χ2v) is 5.49. The summed E-state index contributed by atoms with van der Waals surface area (Å²) in [5.74, 6) is 0. The maximum atomic E-state index is 6.48. The van der Waals surface area contributed by atoms with Gasteiger partial charge in [-0.25, -0.2) is 0 Å². The minimum absolute atomic E-state index is 0.233. The van der Waals surface area contributed by atoms with Crippen molar-refractivity contribution >= 4 is 0 Å². The van der Waals surface area contributed by atoms with Crippen molar-refractivity contribution in [3.63, 3.8) is 0 Å². The van der Waals surface area contributed by atoms with E-state index in [-0.39, 0.29) is 11.2 Å². The summed E-state index contributed by atoms with van der Waals surface area (Å²) < 4.78 is 6.48. The van der Waals surface area contributed by atoms with Gasteiger partial charge in [0, 0.05) is 13.1 Å². The van der Waals surface area contributed by atoms with Gasteiger partial charge in [-0.3, -0.25) is 0 Å². The molecule has 0 aromatic heterocycles. The topological polar surface area (TPSA) is 21.3 Å². The van der Waals surface area contributed by atoms with Crippen LogP contribution in [0.15, 0.2) is 0 Å². The Labute approximate surface area is 86.4 Å². The van der Waals surface area contributed by atoms with E-state index in [0.29, 0.717) is 0 Å². The molecule has 3 fully saturated rings. The van der Waals surface area contributed by atoms with Crippen molar-refractivity contribution in [2.75, 3.05) is 13.1 Å². The third kappa shape index (κ3) is 1.40. The molecule has 3 aliphatic rings. The fourth-order valence-electron chi connectivity index (χ4n) is 3.37. The van der Waals surface area contributed by atoms with Crippen LogP contribution < -0.4 is 5.32 Å². The van der Waals surface area contributed by atoms with Gasteiger partial charge in [0.15, 0.2) is 0 Å². The van der Waals surface area contributed by atoms with E-state index in [0.717, 1.165) is 13.1 Å². The summed E-state index contributed by atoms with van der Waals surface area (Å²) in [5.41, 5.74) is 0.493. The SMILES string of the molecule is C1CCC2(CC1)CNCC1(CCC1)O2. The Morgan fingerprint density at radius 3 is 1.79 bits per heavy atom. The molecule has 0 unspecified atom stereocenters. The Bertz CT molecular complexity index is 211. The van der Waals surface area contributed by atoms with Gasteiger partial charge in [-0.2, -0.15) is 0 Å². The lowest BCUT2D eigenvalue weighted by molar-refractivity contribution is -0.220. The summed E-state index contributed by atoms with van der Waals surface area (Å²) in [6.07, 6.45) is 10.7. The lowest BCUT2D eigenvalue weighted by atomic mass is 9.75. The van der Waals surface area contributed by atoms with E-state index in [1.807, 2.05) is 0 Å². The molecule has 0 bridgehead atoms. The number of hydrogen-bond acceptors (Lipinski definition) is 2. The molecule has 2 heteroatoms. The maximum absolute atomic E-state index is 6.48. The molecule has 14 heavy (non-hydrogen) atoms. The van der Waals surface area contributed by atoms with Gasteiger partial charge in [0.1, 0.15) is 0 Å². The first-order chi connectivity index (χ1) is 6.83. The first kappa shape index (κ1) is 9.17. The van der Waals surface area contributed by atoms with Gasteiger partial charge >= 0.3 is 0 Å². The molecule has 0 radical (unpaired) electrons. The summed E-state index contributed by atoms with van der Waals surface area (Å²) in [6.45, 7) is 2.21. The van der Waals surface area contributed by atoms with Gasteiger partial charge in [0.05, 0.1) is 11.2 Å². The largest absolute Gasteiger partial charge is 0.366 e. The van der Waals surface area contributed by atoms with E-state index in [9.17, 15) is 0 Å². The molecule has 2 saturated carbocycles. The predicted octanol–water partition coefficient (Wildman–Crippen LogP) is 2.23. The molecular formula is C12H21NO. The molecule has 0 aromatic carbocycles. The van der Waals surface area contributed by atoms with Crippen LogP contribution in [0.5, 0.6) is 0 Å². The molecule has 1 aliphatic heterocycles. The van der Waals surface area contributed by atoms with Crippen LogP contribution in [0.3, 0.4) is 0 Å². The summed E-state index contributed by atoms with van der Waals surface area (Å²) in [6, 6.07) is 0. The van der Waals surface area contributed by atoms with Gasteiger partial charge in [-0.05, 0) is 32.1 Å². The molecule has 3 rings (SSSR count). The first-order valence-corrected chi connectivity index (χ1v) is 6.24. The van der Waals surface area contributed by atoms with Crippen molar-refractivity contribution in [2.24, 2.45) is 0 Å². The van der Waals surface area contributed by atoms with Crippen molar-refractivity contribution in [1.82, 2.24) is 5.32 Å². The fourth-order valence-corrected chi connectivity index (χ4v) is 3.37. The van der Waals surface area contributed by atoms with E-state index < -0.39 is 0 Å². The fraction of sp³-hybridized carbons (Fsp3) is 1.00. The summed E-state index contributed by atoms with van der Waals surface area (Å²) in [5, 5.41) is 3.61. The molecule has 80 valence electrons.